The largest absolute Gasteiger partial charge is 0.273 e. The summed E-state index contributed by atoms with van der Waals surface area (Å²) in [6.07, 6.45) is 3.14. The highest BCUT2D eigenvalue weighted by Crippen LogP contribution is 2.23. The van der Waals surface area contributed by atoms with Crippen LogP contribution in [-0.2, 0) is 0 Å². The molecule has 0 saturated heterocycles. The van der Waals surface area contributed by atoms with Crippen molar-refractivity contribution in [2.24, 2.45) is 0 Å². The maximum atomic E-state index is 14.2. The first-order valence-electron chi connectivity index (χ1n) is 7.10. The Bertz CT molecular complexity index is 1070. The van der Waals surface area contributed by atoms with Crippen molar-refractivity contribution < 1.29 is 8.78 Å². The molecule has 0 aliphatic carbocycles. The summed E-state index contributed by atoms with van der Waals surface area (Å²) in [6, 6.07) is 7.08. The third-order valence-corrected chi connectivity index (χ3v) is 3.77. The highest BCUT2D eigenvalue weighted by Gasteiger charge is 2.15. The van der Waals surface area contributed by atoms with E-state index in [1.54, 1.807) is 6.20 Å². The normalized spacial score (nSPS) is 11.5. The van der Waals surface area contributed by atoms with Crippen LogP contribution >= 0.6 is 0 Å². The van der Waals surface area contributed by atoms with Crippen LogP contribution in [0.5, 0.6) is 0 Å². The van der Waals surface area contributed by atoms with E-state index in [1.807, 2.05) is 25.1 Å². The molecule has 0 bridgehead atoms. The number of pyridine rings is 1. The average molecular weight is 310 g/mol. The number of imidazole rings is 1. The molecule has 23 heavy (non-hydrogen) atoms. The van der Waals surface area contributed by atoms with E-state index in [9.17, 15) is 8.78 Å². The molecule has 0 atom stereocenters. The molecule has 0 aliphatic heterocycles. The fourth-order valence-electron chi connectivity index (χ4n) is 2.60. The van der Waals surface area contributed by atoms with Crippen LogP contribution in [0.25, 0.3) is 27.9 Å². The van der Waals surface area contributed by atoms with Crippen LogP contribution in [-0.4, -0.2) is 19.4 Å². The van der Waals surface area contributed by atoms with E-state index in [1.165, 1.54) is 19.2 Å². The van der Waals surface area contributed by atoms with Crippen LogP contribution < -0.4 is 0 Å². The van der Waals surface area contributed by atoms with E-state index < -0.39 is 11.8 Å². The fourth-order valence-corrected chi connectivity index (χ4v) is 2.60. The van der Waals surface area contributed by atoms with Gasteiger partial charge in [0.15, 0.2) is 17.3 Å². The van der Waals surface area contributed by atoms with Gasteiger partial charge in [-0.1, -0.05) is 11.6 Å². The molecule has 0 unspecified atom stereocenters. The summed E-state index contributed by atoms with van der Waals surface area (Å²) in [6.45, 7) is 3.48. The smallest absolute Gasteiger partial charge is 0.220 e. The van der Waals surface area contributed by atoms with Gasteiger partial charge in [0.25, 0.3) is 0 Å². The molecule has 3 heterocycles. The van der Waals surface area contributed by atoms with Crippen molar-refractivity contribution in [3.8, 4) is 11.4 Å². The number of aromatic nitrogens is 4. The molecule has 0 aliphatic rings. The Morgan fingerprint density at radius 2 is 1.87 bits per heavy atom. The second-order valence-corrected chi connectivity index (χ2v) is 5.51. The Balaban J connectivity index is 1.94. The van der Waals surface area contributed by atoms with Gasteiger partial charge in [0.1, 0.15) is 0 Å². The van der Waals surface area contributed by atoms with Gasteiger partial charge in [-0.2, -0.15) is 4.39 Å². The molecular weight excluding hydrogens is 298 g/mol. The molecule has 1 aromatic carbocycles. The second kappa shape index (κ2) is 4.81. The zero-order chi connectivity index (χ0) is 16.1. The second-order valence-electron chi connectivity index (χ2n) is 5.51. The maximum Gasteiger partial charge on any atom is 0.220 e. The molecule has 4 aromatic rings. The van der Waals surface area contributed by atoms with Gasteiger partial charge in [0, 0.05) is 23.3 Å². The maximum absolute atomic E-state index is 14.2. The van der Waals surface area contributed by atoms with Gasteiger partial charge < -0.3 is 0 Å². The minimum Gasteiger partial charge on any atom is -0.273 e. The number of rotatable bonds is 1. The summed E-state index contributed by atoms with van der Waals surface area (Å²) in [4.78, 5) is 12.6. The van der Waals surface area contributed by atoms with Crippen LogP contribution in [0.2, 0.25) is 0 Å². The molecule has 0 fully saturated rings. The highest BCUT2D eigenvalue weighted by molar-refractivity contribution is 5.80. The molecule has 0 saturated carbocycles. The lowest BCUT2D eigenvalue weighted by atomic mass is 10.1. The molecular formula is C17H12F2N4. The number of halogens is 2. The summed E-state index contributed by atoms with van der Waals surface area (Å²) >= 11 is 0. The van der Waals surface area contributed by atoms with Crippen LogP contribution in [0, 0.1) is 25.6 Å². The molecule has 6 heteroatoms. The highest BCUT2D eigenvalue weighted by atomic mass is 19.1. The van der Waals surface area contributed by atoms with E-state index in [4.69, 9.17) is 0 Å². The van der Waals surface area contributed by atoms with Crippen molar-refractivity contribution in [3.05, 3.63) is 59.7 Å². The molecule has 4 rings (SSSR count). The number of hydrogen-bond acceptors (Lipinski definition) is 3. The van der Waals surface area contributed by atoms with Crippen molar-refractivity contribution >= 4 is 16.6 Å². The van der Waals surface area contributed by atoms with Crippen LogP contribution in [0.1, 0.15) is 11.3 Å². The summed E-state index contributed by atoms with van der Waals surface area (Å²) in [5.41, 5.74) is 2.37. The Morgan fingerprint density at radius 3 is 2.70 bits per heavy atom. The number of aryl methyl sites for hydroxylation is 2. The molecule has 0 spiro atoms. The SMILES string of the molecule is Cc1ccc2nc(-c3cc(F)c4nc(C)c(F)n4c3)ncc2c1. The monoisotopic (exact) mass is 310 g/mol. The third-order valence-electron chi connectivity index (χ3n) is 3.77. The number of nitrogens with zero attached hydrogens (tertiary/aromatic N) is 4. The zero-order valence-electron chi connectivity index (χ0n) is 12.5. The summed E-state index contributed by atoms with van der Waals surface area (Å²) in [5.74, 6) is -0.854. The van der Waals surface area contributed by atoms with E-state index >= 15 is 0 Å². The van der Waals surface area contributed by atoms with Crippen LogP contribution in [0.3, 0.4) is 0 Å². The third kappa shape index (κ3) is 2.14. The Morgan fingerprint density at radius 1 is 1.04 bits per heavy atom. The first kappa shape index (κ1) is 13.8. The van der Waals surface area contributed by atoms with E-state index in [0.717, 1.165) is 20.9 Å². The van der Waals surface area contributed by atoms with E-state index in [2.05, 4.69) is 15.0 Å². The minimum absolute atomic E-state index is 0.0415. The number of benzene rings is 1. The lowest BCUT2D eigenvalue weighted by Gasteiger charge is -2.05. The van der Waals surface area contributed by atoms with Crippen molar-refractivity contribution in [2.45, 2.75) is 13.8 Å². The Labute approximate surface area is 130 Å². The molecule has 0 N–H and O–H groups in total. The molecule has 4 nitrogen and oxygen atoms in total. The Kier molecular flexibility index (Phi) is 2.87. The van der Waals surface area contributed by atoms with E-state index in [-0.39, 0.29) is 11.3 Å². The predicted molar refractivity (Wildman–Crippen MR) is 83.1 cm³/mol. The standard InChI is InChI=1S/C17H12F2N4/c1-9-3-4-14-11(5-9)7-20-16(22-14)12-6-13(18)17-21-10(2)15(19)23(17)8-12/h3-8H,1-2H3. The Hall–Kier alpha value is -2.89. The average Bonchev–Trinajstić information content (AvgIpc) is 2.83. The molecule has 0 amide bonds. The number of fused-ring (bicyclic) bond motifs is 2. The predicted octanol–water partition coefficient (Wildman–Crippen LogP) is 3.84. The van der Waals surface area contributed by atoms with Gasteiger partial charge in [-0.05, 0) is 32.0 Å². The van der Waals surface area contributed by atoms with Crippen LogP contribution in [0.4, 0.5) is 8.78 Å². The van der Waals surface area contributed by atoms with Gasteiger partial charge in [-0.15, -0.1) is 0 Å². The zero-order valence-corrected chi connectivity index (χ0v) is 12.5. The van der Waals surface area contributed by atoms with Gasteiger partial charge in [-0.25, -0.2) is 19.3 Å². The van der Waals surface area contributed by atoms with Crippen molar-refractivity contribution in [1.29, 1.82) is 0 Å². The topological polar surface area (TPSA) is 43.1 Å². The van der Waals surface area contributed by atoms with Crippen LogP contribution in [0.15, 0.2) is 36.7 Å². The van der Waals surface area contributed by atoms with Gasteiger partial charge in [0.05, 0.1) is 11.2 Å². The lowest BCUT2D eigenvalue weighted by Crippen LogP contribution is -1.97. The molecule has 3 aromatic heterocycles. The first-order chi connectivity index (χ1) is 11.0. The molecule has 114 valence electrons. The van der Waals surface area contributed by atoms with Crippen molar-refractivity contribution in [1.82, 2.24) is 19.4 Å². The lowest BCUT2D eigenvalue weighted by molar-refractivity contribution is 0.559. The summed E-state index contributed by atoms with van der Waals surface area (Å²) in [5, 5.41) is 0.903. The summed E-state index contributed by atoms with van der Waals surface area (Å²) in [7, 11) is 0. The summed E-state index contributed by atoms with van der Waals surface area (Å²) < 4.78 is 29.3. The minimum atomic E-state index is -0.609. The fraction of sp³-hybridized carbons (Fsp3) is 0.118. The molecule has 0 radical (unpaired) electrons. The van der Waals surface area contributed by atoms with Gasteiger partial charge >= 0.3 is 0 Å². The van der Waals surface area contributed by atoms with Gasteiger partial charge in [-0.3, -0.25) is 4.40 Å². The van der Waals surface area contributed by atoms with E-state index in [0.29, 0.717) is 11.4 Å². The quantitative estimate of drug-likeness (QED) is 0.536. The van der Waals surface area contributed by atoms with Crippen molar-refractivity contribution in [3.63, 3.8) is 0 Å². The first-order valence-corrected chi connectivity index (χ1v) is 7.10. The van der Waals surface area contributed by atoms with Gasteiger partial charge in [0.2, 0.25) is 5.95 Å². The number of hydrogen-bond donors (Lipinski definition) is 0. The van der Waals surface area contributed by atoms with Crippen molar-refractivity contribution in [2.75, 3.05) is 0 Å².